The van der Waals surface area contributed by atoms with Crippen molar-refractivity contribution in [1.29, 1.82) is 0 Å². The zero-order chi connectivity index (χ0) is 21.0. The van der Waals surface area contributed by atoms with E-state index in [9.17, 15) is 13.2 Å². The number of amides is 1. The van der Waals surface area contributed by atoms with Crippen molar-refractivity contribution in [3.63, 3.8) is 0 Å². The van der Waals surface area contributed by atoms with Crippen molar-refractivity contribution in [2.45, 2.75) is 44.8 Å². The third-order valence-corrected chi connectivity index (χ3v) is 7.60. The first-order chi connectivity index (χ1) is 13.0. The molecule has 7 nitrogen and oxygen atoms in total. The third-order valence-electron chi connectivity index (χ3n) is 5.73. The first-order valence-corrected chi connectivity index (χ1v) is 10.7. The van der Waals surface area contributed by atoms with E-state index in [1.54, 1.807) is 20.9 Å². The topological polar surface area (TPSA) is 85.3 Å². The number of fused-ring (bicyclic) bond motifs is 1. The normalized spacial score (nSPS) is 22.2. The highest BCUT2D eigenvalue weighted by Crippen LogP contribution is 2.45. The fourth-order valence-electron chi connectivity index (χ4n) is 4.33. The Morgan fingerprint density at radius 2 is 1.82 bits per heavy atom. The van der Waals surface area contributed by atoms with Gasteiger partial charge in [-0.25, -0.2) is 13.4 Å². The second kappa shape index (κ2) is 6.79. The summed E-state index contributed by atoms with van der Waals surface area (Å²) in [4.78, 5) is 12.8. The van der Waals surface area contributed by atoms with Crippen molar-refractivity contribution < 1.29 is 22.7 Å². The van der Waals surface area contributed by atoms with Gasteiger partial charge >= 0.3 is 0 Å². The Kier molecular flexibility index (Phi) is 5.02. The first-order valence-electron chi connectivity index (χ1n) is 9.03. The molecule has 3 rings (SSSR count). The van der Waals surface area contributed by atoms with Crippen LogP contribution in [0.3, 0.4) is 0 Å². The molecule has 0 spiro atoms. The van der Waals surface area contributed by atoms with E-state index in [-0.39, 0.29) is 23.0 Å². The van der Waals surface area contributed by atoms with Crippen LogP contribution in [0.5, 0.6) is 0 Å². The second-order valence-electron chi connectivity index (χ2n) is 7.31. The molecule has 2 aliphatic heterocycles. The van der Waals surface area contributed by atoms with Gasteiger partial charge in [0.2, 0.25) is 0 Å². The van der Waals surface area contributed by atoms with Crippen LogP contribution < -0.4 is 0 Å². The number of hydrazone groups is 1. The smallest absolute Gasteiger partial charge is 0.275 e. The van der Waals surface area contributed by atoms with Crippen LogP contribution >= 0.6 is 0 Å². The first kappa shape index (κ1) is 20.7. The Morgan fingerprint density at radius 1 is 1.21 bits per heavy atom. The molecule has 0 N–H and O–H groups in total. The van der Waals surface area contributed by atoms with Gasteiger partial charge in [0, 0.05) is 33.3 Å². The SMILES string of the molecule is COC1(OC)CCS(=O)(=O)c2c(C)c(C(C)=C3C(=O)N(C)N=C3C)cc(C)c21. The highest BCUT2D eigenvalue weighted by Gasteiger charge is 2.45. The summed E-state index contributed by atoms with van der Waals surface area (Å²) in [6.07, 6.45) is 0.226. The lowest BCUT2D eigenvalue weighted by Crippen LogP contribution is -2.40. The number of aryl methyl sites for hydroxylation is 1. The van der Waals surface area contributed by atoms with E-state index < -0.39 is 15.6 Å². The van der Waals surface area contributed by atoms with Crippen molar-refractivity contribution in [2.75, 3.05) is 27.0 Å². The van der Waals surface area contributed by atoms with E-state index in [4.69, 9.17) is 9.47 Å². The molecule has 1 aromatic rings. The summed E-state index contributed by atoms with van der Waals surface area (Å²) in [5.74, 6) is -1.37. The van der Waals surface area contributed by atoms with Crippen LogP contribution in [0.25, 0.3) is 5.57 Å². The van der Waals surface area contributed by atoms with Crippen LogP contribution in [-0.2, 0) is 29.9 Å². The van der Waals surface area contributed by atoms with Crippen molar-refractivity contribution in [3.05, 3.63) is 33.9 Å². The van der Waals surface area contributed by atoms with E-state index in [0.29, 0.717) is 28.0 Å². The van der Waals surface area contributed by atoms with Gasteiger partial charge in [-0.05, 0) is 50.0 Å². The number of allylic oxidation sites excluding steroid dienone is 1. The van der Waals surface area contributed by atoms with Crippen LogP contribution in [0.15, 0.2) is 21.6 Å². The van der Waals surface area contributed by atoms with E-state index in [1.807, 2.05) is 19.9 Å². The summed E-state index contributed by atoms with van der Waals surface area (Å²) >= 11 is 0. The van der Waals surface area contributed by atoms with Gasteiger partial charge in [-0.1, -0.05) is 6.07 Å². The van der Waals surface area contributed by atoms with Gasteiger partial charge < -0.3 is 9.47 Å². The maximum Gasteiger partial charge on any atom is 0.275 e. The Hall–Kier alpha value is -2.03. The van der Waals surface area contributed by atoms with E-state index in [0.717, 1.165) is 11.1 Å². The second-order valence-corrected chi connectivity index (χ2v) is 9.36. The Bertz CT molecular complexity index is 1030. The molecule has 0 bridgehead atoms. The average Bonchev–Trinajstić information content (AvgIpc) is 2.89. The van der Waals surface area contributed by atoms with E-state index in [2.05, 4.69) is 5.10 Å². The molecule has 0 radical (unpaired) electrons. The van der Waals surface area contributed by atoms with E-state index in [1.165, 1.54) is 19.2 Å². The Labute approximate surface area is 165 Å². The minimum atomic E-state index is -3.51. The molecule has 0 saturated carbocycles. The summed E-state index contributed by atoms with van der Waals surface area (Å²) in [6.45, 7) is 7.22. The minimum absolute atomic E-state index is 0.0663. The predicted molar refractivity (Wildman–Crippen MR) is 107 cm³/mol. The molecule has 8 heteroatoms. The molecule has 0 fully saturated rings. The number of likely N-dealkylation sites (N-methyl/N-ethyl adjacent to an activating group) is 1. The molecular formula is C20H26N2O5S. The number of hydrogen-bond acceptors (Lipinski definition) is 6. The fraction of sp³-hybridized carbons (Fsp3) is 0.500. The molecule has 2 aliphatic rings. The molecule has 0 unspecified atom stereocenters. The monoisotopic (exact) mass is 406 g/mol. The molecule has 2 heterocycles. The molecule has 1 aromatic carbocycles. The van der Waals surface area contributed by atoms with Gasteiger partial charge in [-0.3, -0.25) is 4.79 Å². The Morgan fingerprint density at radius 3 is 2.32 bits per heavy atom. The van der Waals surface area contributed by atoms with Gasteiger partial charge in [0.15, 0.2) is 15.6 Å². The molecule has 28 heavy (non-hydrogen) atoms. The summed E-state index contributed by atoms with van der Waals surface area (Å²) in [5, 5.41) is 5.50. The van der Waals surface area contributed by atoms with E-state index >= 15 is 0 Å². The number of ether oxygens (including phenoxy) is 2. The van der Waals surface area contributed by atoms with Crippen LogP contribution in [0.2, 0.25) is 0 Å². The molecule has 0 atom stereocenters. The molecule has 0 aromatic heterocycles. The predicted octanol–water partition coefficient (Wildman–Crippen LogP) is 2.55. The number of rotatable bonds is 3. The standard InChI is InChI=1S/C20H26N2O5S/c1-11-10-15(12(2)16-14(4)21-22(5)19(16)23)13(3)18-17(11)20(26-6,27-7)8-9-28(18,24)25/h10H,8-9H2,1-7H3. The Balaban J connectivity index is 2.37. The molecular weight excluding hydrogens is 380 g/mol. The highest BCUT2D eigenvalue weighted by molar-refractivity contribution is 7.91. The van der Waals surface area contributed by atoms with Crippen molar-refractivity contribution in [2.24, 2.45) is 5.10 Å². The van der Waals surface area contributed by atoms with Crippen LogP contribution in [-0.4, -0.2) is 52.1 Å². The maximum atomic E-state index is 13.0. The maximum absolute atomic E-state index is 13.0. The molecule has 0 aliphatic carbocycles. The lowest BCUT2D eigenvalue weighted by molar-refractivity contribution is -0.220. The minimum Gasteiger partial charge on any atom is -0.349 e. The van der Waals surface area contributed by atoms with Gasteiger partial charge in [-0.2, -0.15) is 5.10 Å². The average molecular weight is 407 g/mol. The number of sulfone groups is 1. The van der Waals surface area contributed by atoms with Crippen LogP contribution in [0.4, 0.5) is 0 Å². The number of benzene rings is 1. The zero-order valence-corrected chi connectivity index (χ0v) is 18.2. The largest absolute Gasteiger partial charge is 0.349 e. The number of carbonyl (C=O) groups excluding carboxylic acids is 1. The number of methoxy groups -OCH3 is 2. The molecule has 1 amide bonds. The summed E-state index contributed by atoms with van der Waals surface area (Å²) in [5.41, 5.74) is 4.43. The van der Waals surface area contributed by atoms with Crippen molar-refractivity contribution >= 4 is 27.0 Å². The van der Waals surface area contributed by atoms with Gasteiger partial charge in [-0.15, -0.1) is 0 Å². The number of nitrogens with zero attached hydrogens (tertiary/aromatic N) is 2. The molecule has 0 saturated heterocycles. The number of carbonyl (C=O) groups is 1. The van der Waals surface area contributed by atoms with Crippen molar-refractivity contribution in [3.8, 4) is 0 Å². The number of hydrogen-bond donors (Lipinski definition) is 0. The zero-order valence-electron chi connectivity index (χ0n) is 17.3. The summed E-state index contributed by atoms with van der Waals surface area (Å²) in [6, 6.07) is 1.91. The van der Waals surface area contributed by atoms with Gasteiger partial charge in [0.1, 0.15) is 0 Å². The summed E-state index contributed by atoms with van der Waals surface area (Å²) < 4.78 is 37.3. The van der Waals surface area contributed by atoms with Gasteiger partial charge in [0.25, 0.3) is 5.91 Å². The third kappa shape index (κ3) is 2.82. The summed E-state index contributed by atoms with van der Waals surface area (Å²) in [7, 11) is 1.14. The quantitative estimate of drug-likeness (QED) is 0.569. The van der Waals surface area contributed by atoms with Crippen molar-refractivity contribution in [1.82, 2.24) is 5.01 Å². The van der Waals surface area contributed by atoms with Crippen LogP contribution in [0, 0.1) is 13.8 Å². The van der Waals surface area contributed by atoms with Crippen LogP contribution in [0.1, 0.15) is 42.5 Å². The fourth-order valence-corrected chi connectivity index (χ4v) is 6.27. The lowest BCUT2D eigenvalue weighted by Gasteiger charge is -2.38. The molecule has 152 valence electrons. The van der Waals surface area contributed by atoms with Gasteiger partial charge in [0.05, 0.1) is 21.9 Å². The highest BCUT2D eigenvalue weighted by atomic mass is 32.2. The lowest BCUT2D eigenvalue weighted by atomic mass is 9.88.